The number of carbonyl (C=O) groups is 1. The fourth-order valence-corrected chi connectivity index (χ4v) is 6.21. The summed E-state index contributed by atoms with van der Waals surface area (Å²) >= 11 is 1.83. The Bertz CT molecular complexity index is 1530. The van der Waals surface area contributed by atoms with Crippen molar-refractivity contribution in [3.8, 4) is 5.75 Å². The maximum Gasteiger partial charge on any atom is 0.459 e. The maximum absolute atomic E-state index is 15.8. The number of rotatable bonds is 10. The highest BCUT2D eigenvalue weighted by molar-refractivity contribution is 14.1. The molecule has 0 spiro atoms. The summed E-state index contributed by atoms with van der Waals surface area (Å²) in [6.07, 6.45) is -3.94. The number of ether oxygens (including phenoxy) is 2. The molecular weight excluding hydrogens is 673 g/mol. The Labute approximate surface area is 249 Å². The van der Waals surface area contributed by atoms with Crippen molar-refractivity contribution >= 4 is 52.9 Å². The third-order valence-electron chi connectivity index (χ3n) is 6.34. The molecule has 2 heterocycles. The fourth-order valence-electron chi connectivity index (χ4n) is 4.27. The van der Waals surface area contributed by atoms with Crippen molar-refractivity contribution in [2.75, 3.05) is 12.3 Å². The summed E-state index contributed by atoms with van der Waals surface area (Å²) in [6, 6.07) is 11.2. The van der Waals surface area contributed by atoms with E-state index in [4.69, 9.17) is 24.3 Å². The minimum Gasteiger partial charge on any atom is -0.462 e. The third-order valence-corrected chi connectivity index (χ3v) is 8.80. The Hall–Kier alpha value is -2.62. The lowest BCUT2D eigenvalue weighted by atomic mass is 9.98. The van der Waals surface area contributed by atoms with Gasteiger partial charge in [0, 0.05) is 11.6 Å². The van der Waals surface area contributed by atoms with E-state index in [0.717, 1.165) is 16.9 Å². The zero-order valence-electron chi connectivity index (χ0n) is 22.7. The molecular formula is C26H31FIN4O8P. The highest BCUT2D eigenvalue weighted by atomic mass is 127. The lowest BCUT2D eigenvalue weighted by Gasteiger charge is -2.26. The second kappa shape index (κ2) is 12.3. The summed E-state index contributed by atoms with van der Waals surface area (Å²) in [5, 5.41) is 14.8. The number of nitrogens with zero attached hydrogens (tertiary/aromatic N) is 2. The highest BCUT2D eigenvalue weighted by Crippen LogP contribution is 2.48. The first kappa shape index (κ1) is 31.3. The predicted molar refractivity (Wildman–Crippen MR) is 157 cm³/mol. The smallest absolute Gasteiger partial charge is 0.459 e. The van der Waals surface area contributed by atoms with Crippen LogP contribution in [-0.4, -0.2) is 57.3 Å². The number of fused-ring (bicyclic) bond motifs is 1. The number of aliphatic hydroxyl groups is 1. The summed E-state index contributed by atoms with van der Waals surface area (Å²) in [4.78, 5) is 28.6. The Morgan fingerprint density at radius 3 is 2.68 bits per heavy atom. The standard InChI is InChI=1S/C26H31FIN4O8P/c1-14(2)38-23(34)15(3)31-41(36,40-19-11-7-9-16-8-5-6-10-17(16)19)37-13-20-21(33)26(4,27)24(39-20)32-12-18(28)22(29)30-25(32)35/h5-12,14-15,20-21,24,33H,13H2,1-4H3,(H,31,36)(H2,29,30,35)/t15-,20-,21-,24-,26-,41-/m1/s1. The van der Waals surface area contributed by atoms with Crippen molar-refractivity contribution in [1.82, 2.24) is 14.6 Å². The van der Waals surface area contributed by atoms with Gasteiger partial charge in [-0.1, -0.05) is 36.4 Å². The van der Waals surface area contributed by atoms with Gasteiger partial charge in [0.15, 0.2) is 11.9 Å². The topological polar surface area (TPSA) is 164 Å². The van der Waals surface area contributed by atoms with Crippen LogP contribution in [0.5, 0.6) is 5.75 Å². The molecule has 0 radical (unpaired) electrons. The molecule has 0 bridgehead atoms. The first-order valence-corrected chi connectivity index (χ1v) is 15.3. The minimum atomic E-state index is -4.40. The lowest BCUT2D eigenvalue weighted by Crippen LogP contribution is -2.43. The Balaban J connectivity index is 1.60. The van der Waals surface area contributed by atoms with Crippen LogP contribution in [0.15, 0.2) is 53.5 Å². The van der Waals surface area contributed by atoms with E-state index in [0.29, 0.717) is 8.96 Å². The van der Waals surface area contributed by atoms with Gasteiger partial charge in [-0.3, -0.25) is 13.9 Å². The molecule has 1 aromatic heterocycles. The number of halogens is 2. The summed E-state index contributed by atoms with van der Waals surface area (Å²) < 4.78 is 53.5. The van der Waals surface area contributed by atoms with E-state index >= 15 is 4.39 Å². The number of benzene rings is 2. The molecule has 1 aliphatic heterocycles. The monoisotopic (exact) mass is 704 g/mol. The molecule has 0 amide bonds. The molecule has 4 N–H and O–H groups in total. The molecule has 6 atom stereocenters. The van der Waals surface area contributed by atoms with E-state index in [9.17, 15) is 19.3 Å². The number of alkyl halides is 1. The van der Waals surface area contributed by atoms with Crippen LogP contribution in [0.1, 0.15) is 33.9 Å². The molecule has 1 saturated heterocycles. The van der Waals surface area contributed by atoms with E-state index < -0.39 is 62.3 Å². The zero-order valence-corrected chi connectivity index (χ0v) is 25.7. The van der Waals surface area contributed by atoms with Gasteiger partial charge in [0.05, 0.1) is 16.3 Å². The number of anilines is 1. The number of carbonyl (C=O) groups excluding carboxylic acids is 1. The first-order chi connectivity index (χ1) is 19.2. The number of nitrogens with two attached hydrogens (primary N) is 1. The molecule has 222 valence electrons. The van der Waals surface area contributed by atoms with Crippen LogP contribution >= 0.6 is 30.3 Å². The van der Waals surface area contributed by atoms with E-state index in [2.05, 4.69) is 10.1 Å². The van der Waals surface area contributed by atoms with Gasteiger partial charge in [0.25, 0.3) is 0 Å². The number of aromatic nitrogens is 2. The van der Waals surface area contributed by atoms with Crippen molar-refractivity contribution in [2.45, 2.75) is 63.9 Å². The summed E-state index contributed by atoms with van der Waals surface area (Å²) in [5.74, 6) is -0.546. The van der Waals surface area contributed by atoms with Crippen LogP contribution in [0.25, 0.3) is 10.8 Å². The van der Waals surface area contributed by atoms with E-state index in [1.165, 1.54) is 13.1 Å². The van der Waals surface area contributed by atoms with Crippen LogP contribution < -0.4 is 21.0 Å². The van der Waals surface area contributed by atoms with Crippen LogP contribution in [0.2, 0.25) is 0 Å². The molecule has 2 aromatic carbocycles. The van der Waals surface area contributed by atoms with Crippen molar-refractivity contribution in [1.29, 1.82) is 0 Å². The van der Waals surface area contributed by atoms with Gasteiger partial charge >= 0.3 is 19.4 Å². The molecule has 0 saturated carbocycles. The number of esters is 1. The summed E-state index contributed by atoms with van der Waals surface area (Å²) in [5.41, 5.74) is 2.32. The van der Waals surface area contributed by atoms with Gasteiger partial charge in [-0.2, -0.15) is 10.1 Å². The van der Waals surface area contributed by atoms with Gasteiger partial charge in [-0.25, -0.2) is 13.8 Å². The van der Waals surface area contributed by atoms with Gasteiger partial charge < -0.3 is 24.8 Å². The molecule has 4 rings (SSSR count). The quantitative estimate of drug-likeness (QED) is 0.160. The number of hydrogen-bond donors (Lipinski definition) is 3. The zero-order chi connectivity index (χ0) is 30.1. The molecule has 3 aromatic rings. The van der Waals surface area contributed by atoms with Crippen molar-refractivity contribution in [3.05, 3.63) is 62.7 Å². The molecule has 1 aliphatic rings. The molecule has 0 unspecified atom stereocenters. The third kappa shape index (κ3) is 6.89. The summed E-state index contributed by atoms with van der Waals surface area (Å²) in [6.45, 7) is 5.18. The average molecular weight is 704 g/mol. The van der Waals surface area contributed by atoms with Gasteiger partial charge in [0.2, 0.25) is 0 Å². The maximum atomic E-state index is 15.8. The average Bonchev–Trinajstić information content (AvgIpc) is 3.13. The Morgan fingerprint density at radius 2 is 1.98 bits per heavy atom. The molecule has 15 heteroatoms. The Morgan fingerprint density at radius 1 is 1.29 bits per heavy atom. The molecule has 12 nitrogen and oxygen atoms in total. The van der Waals surface area contributed by atoms with Crippen LogP contribution in [-0.2, 0) is 23.4 Å². The van der Waals surface area contributed by atoms with Crippen molar-refractivity contribution in [3.63, 3.8) is 0 Å². The van der Waals surface area contributed by atoms with Crippen LogP contribution in [0.3, 0.4) is 0 Å². The molecule has 1 fully saturated rings. The number of hydrogen-bond acceptors (Lipinski definition) is 10. The number of nitrogens with one attached hydrogen (secondary N) is 1. The highest BCUT2D eigenvalue weighted by Gasteiger charge is 2.56. The van der Waals surface area contributed by atoms with E-state index in [1.807, 2.05) is 40.8 Å². The first-order valence-electron chi connectivity index (χ1n) is 12.7. The second-order valence-electron chi connectivity index (χ2n) is 9.99. The van der Waals surface area contributed by atoms with Gasteiger partial charge in [-0.15, -0.1) is 0 Å². The van der Waals surface area contributed by atoms with Crippen molar-refractivity contribution in [2.24, 2.45) is 0 Å². The van der Waals surface area contributed by atoms with Crippen molar-refractivity contribution < 1.29 is 37.4 Å². The fraction of sp³-hybridized carbons (Fsp3) is 0.423. The SMILES string of the molecule is CC(C)OC(=O)[C@@H](C)N[P@@](=O)(OC[C@H]1O[C@@H](n2cc(I)c(N)nc2=O)[C@](C)(F)[C@@H]1O)Oc1cccc2ccccc12. The second-order valence-corrected chi connectivity index (χ2v) is 12.8. The number of aliphatic hydroxyl groups excluding tert-OH is 1. The Kier molecular flexibility index (Phi) is 9.41. The van der Waals surface area contributed by atoms with Crippen LogP contribution in [0, 0.1) is 3.57 Å². The molecule has 0 aliphatic carbocycles. The predicted octanol–water partition coefficient (Wildman–Crippen LogP) is 3.70. The minimum absolute atomic E-state index is 0.0337. The van der Waals surface area contributed by atoms with E-state index in [-0.39, 0.29) is 11.6 Å². The summed E-state index contributed by atoms with van der Waals surface area (Å²) in [7, 11) is -4.40. The lowest BCUT2D eigenvalue weighted by molar-refractivity contribution is -0.149. The van der Waals surface area contributed by atoms with E-state index in [1.54, 1.807) is 38.1 Å². The molecule has 41 heavy (non-hydrogen) atoms. The van der Waals surface area contributed by atoms with Gasteiger partial charge in [-0.05, 0) is 61.7 Å². The van der Waals surface area contributed by atoms with Crippen LogP contribution in [0.4, 0.5) is 10.2 Å². The number of nitrogen functional groups attached to an aromatic ring is 1. The largest absolute Gasteiger partial charge is 0.462 e. The normalized spacial score (nSPS) is 24.7. The van der Waals surface area contributed by atoms with Gasteiger partial charge in [0.1, 0.15) is 29.8 Å².